The van der Waals surface area contributed by atoms with Crippen LogP contribution in [0.3, 0.4) is 0 Å². The minimum Gasteiger partial charge on any atom is -0.314 e. The van der Waals surface area contributed by atoms with Gasteiger partial charge in [0.1, 0.15) is 0 Å². The Kier molecular flexibility index (Phi) is 5.16. The summed E-state index contributed by atoms with van der Waals surface area (Å²) in [6, 6.07) is 3.98. The van der Waals surface area contributed by atoms with Gasteiger partial charge in [0.05, 0.1) is 3.79 Å². The molecule has 0 saturated carbocycles. The van der Waals surface area contributed by atoms with Gasteiger partial charge >= 0.3 is 0 Å². The van der Waals surface area contributed by atoms with Crippen LogP contribution in [0.2, 0.25) is 0 Å². The van der Waals surface area contributed by atoms with Crippen molar-refractivity contribution in [2.75, 3.05) is 32.7 Å². The van der Waals surface area contributed by atoms with E-state index in [0.29, 0.717) is 19.6 Å². The molecule has 1 fully saturated rings. The normalized spacial score (nSPS) is 18.1. The molecular formula is C10H16BrN3O2S2. The van der Waals surface area contributed by atoms with Gasteiger partial charge in [-0.15, -0.1) is 11.3 Å². The second-order valence-electron chi connectivity index (χ2n) is 4.00. The summed E-state index contributed by atoms with van der Waals surface area (Å²) in [6.07, 6.45) is 0.724. The maximum absolute atomic E-state index is 12.0. The van der Waals surface area contributed by atoms with Crippen molar-refractivity contribution in [1.82, 2.24) is 14.3 Å². The van der Waals surface area contributed by atoms with Gasteiger partial charge in [-0.3, -0.25) is 0 Å². The van der Waals surface area contributed by atoms with Crippen molar-refractivity contribution in [2.24, 2.45) is 0 Å². The molecule has 2 rings (SSSR count). The molecule has 1 aliphatic heterocycles. The summed E-state index contributed by atoms with van der Waals surface area (Å²) >= 11 is 5.02. The van der Waals surface area contributed by atoms with E-state index in [4.69, 9.17) is 0 Å². The number of piperazine rings is 1. The summed E-state index contributed by atoms with van der Waals surface area (Å²) in [6.45, 7) is 2.97. The van der Waals surface area contributed by atoms with Crippen molar-refractivity contribution in [3.05, 3.63) is 20.8 Å². The minimum absolute atomic E-state index is 0.444. The third kappa shape index (κ3) is 4.01. The lowest BCUT2D eigenvalue weighted by atomic mass is 10.3. The third-order valence-corrected chi connectivity index (χ3v) is 6.00. The Balaban J connectivity index is 1.81. The zero-order valence-corrected chi connectivity index (χ0v) is 13.1. The van der Waals surface area contributed by atoms with E-state index in [1.165, 1.54) is 9.18 Å². The summed E-state index contributed by atoms with van der Waals surface area (Å²) in [4.78, 5) is 1.17. The van der Waals surface area contributed by atoms with Crippen molar-refractivity contribution in [1.29, 1.82) is 0 Å². The highest BCUT2D eigenvalue weighted by Crippen LogP contribution is 2.22. The summed E-state index contributed by atoms with van der Waals surface area (Å²) in [5.41, 5.74) is 0. The summed E-state index contributed by atoms with van der Waals surface area (Å²) < 4.78 is 29.1. The molecule has 8 heteroatoms. The first-order chi connectivity index (χ1) is 8.58. The predicted molar refractivity (Wildman–Crippen MR) is 77.1 cm³/mol. The number of nitrogens with one attached hydrogen (secondary N) is 2. The molecule has 0 amide bonds. The number of rotatable bonds is 5. The van der Waals surface area contributed by atoms with E-state index >= 15 is 0 Å². The molecule has 102 valence electrons. The Bertz CT molecular complexity index is 483. The number of hydrogen-bond acceptors (Lipinski definition) is 4. The second kappa shape index (κ2) is 6.44. The summed E-state index contributed by atoms with van der Waals surface area (Å²) in [7, 11) is -3.31. The Hall–Kier alpha value is 0.01000. The maximum atomic E-state index is 12.0. The standard InChI is InChI=1S/C10H16BrN3O2S2/c11-10-2-1-9(17-10)3-4-13-18(15,16)14-7-5-12-6-8-14/h1-2,12-13H,3-8H2. The number of nitrogens with zero attached hydrogens (tertiary/aromatic N) is 1. The molecule has 0 aliphatic carbocycles. The maximum Gasteiger partial charge on any atom is 0.279 e. The fourth-order valence-corrected chi connectivity index (χ4v) is 4.45. The van der Waals surface area contributed by atoms with Gasteiger partial charge in [-0.2, -0.15) is 12.7 Å². The number of halogens is 1. The average molecular weight is 354 g/mol. The minimum atomic E-state index is -3.31. The van der Waals surface area contributed by atoms with Crippen molar-refractivity contribution in [3.8, 4) is 0 Å². The van der Waals surface area contributed by atoms with E-state index in [-0.39, 0.29) is 0 Å². The predicted octanol–water partition coefficient (Wildman–Crippen LogP) is 0.793. The fourth-order valence-electron chi connectivity index (χ4n) is 1.77. The van der Waals surface area contributed by atoms with Crippen LogP contribution in [-0.4, -0.2) is 45.4 Å². The summed E-state index contributed by atoms with van der Waals surface area (Å²) in [5.74, 6) is 0. The Morgan fingerprint density at radius 1 is 1.39 bits per heavy atom. The molecule has 0 atom stereocenters. The molecule has 1 saturated heterocycles. The first kappa shape index (κ1) is 14.4. The number of hydrogen-bond donors (Lipinski definition) is 2. The zero-order chi connectivity index (χ0) is 13.0. The Labute approximate surface area is 120 Å². The third-order valence-electron chi connectivity index (χ3n) is 2.70. The topological polar surface area (TPSA) is 61.4 Å². The number of thiophene rings is 1. The van der Waals surface area contributed by atoms with Crippen LogP contribution >= 0.6 is 27.3 Å². The smallest absolute Gasteiger partial charge is 0.279 e. The fraction of sp³-hybridized carbons (Fsp3) is 0.600. The van der Waals surface area contributed by atoms with Crippen LogP contribution in [0, 0.1) is 0 Å². The van der Waals surface area contributed by atoms with Crippen molar-refractivity contribution in [2.45, 2.75) is 6.42 Å². The van der Waals surface area contributed by atoms with Gasteiger partial charge in [0.25, 0.3) is 10.2 Å². The van der Waals surface area contributed by atoms with Crippen molar-refractivity contribution >= 4 is 37.5 Å². The lowest BCUT2D eigenvalue weighted by Gasteiger charge is -2.26. The SMILES string of the molecule is O=S(=O)(NCCc1ccc(Br)s1)N1CCNCC1. The van der Waals surface area contributed by atoms with Crippen LogP contribution in [0.4, 0.5) is 0 Å². The van der Waals surface area contributed by atoms with E-state index in [0.717, 1.165) is 23.3 Å². The van der Waals surface area contributed by atoms with Gasteiger partial charge in [0.2, 0.25) is 0 Å². The van der Waals surface area contributed by atoms with E-state index in [1.807, 2.05) is 12.1 Å². The van der Waals surface area contributed by atoms with Crippen LogP contribution in [0.5, 0.6) is 0 Å². The van der Waals surface area contributed by atoms with E-state index in [1.54, 1.807) is 11.3 Å². The highest BCUT2D eigenvalue weighted by atomic mass is 79.9. The molecule has 1 aliphatic rings. The molecule has 0 bridgehead atoms. The molecule has 2 N–H and O–H groups in total. The van der Waals surface area contributed by atoms with Gasteiger partial charge in [-0.05, 0) is 34.5 Å². The highest BCUT2D eigenvalue weighted by molar-refractivity contribution is 9.11. The Morgan fingerprint density at radius 3 is 2.72 bits per heavy atom. The average Bonchev–Trinajstić information content (AvgIpc) is 2.76. The Morgan fingerprint density at radius 2 is 2.11 bits per heavy atom. The molecular weight excluding hydrogens is 338 g/mol. The van der Waals surface area contributed by atoms with E-state index in [2.05, 4.69) is 26.0 Å². The lowest BCUT2D eigenvalue weighted by Crippen LogP contribution is -2.50. The molecule has 18 heavy (non-hydrogen) atoms. The molecule has 1 aromatic rings. The van der Waals surface area contributed by atoms with E-state index in [9.17, 15) is 8.42 Å². The van der Waals surface area contributed by atoms with Gasteiger partial charge in [0, 0.05) is 37.6 Å². The first-order valence-corrected chi connectivity index (χ1v) is 8.82. The quantitative estimate of drug-likeness (QED) is 0.822. The molecule has 0 unspecified atom stereocenters. The molecule has 5 nitrogen and oxygen atoms in total. The van der Waals surface area contributed by atoms with Gasteiger partial charge in [-0.25, -0.2) is 4.72 Å². The molecule has 0 spiro atoms. The van der Waals surface area contributed by atoms with Crippen LogP contribution in [0.15, 0.2) is 15.9 Å². The van der Waals surface area contributed by atoms with Gasteiger partial charge < -0.3 is 5.32 Å². The molecule has 2 heterocycles. The molecule has 0 aromatic carbocycles. The van der Waals surface area contributed by atoms with Crippen LogP contribution < -0.4 is 10.0 Å². The molecule has 0 radical (unpaired) electrons. The monoisotopic (exact) mass is 353 g/mol. The van der Waals surface area contributed by atoms with Gasteiger partial charge in [0.15, 0.2) is 0 Å². The van der Waals surface area contributed by atoms with E-state index < -0.39 is 10.2 Å². The largest absolute Gasteiger partial charge is 0.314 e. The zero-order valence-electron chi connectivity index (χ0n) is 9.86. The lowest BCUT2D eigenvalue weighted by molar-refractivity contribution is 0.355. The van der Waals surface area contributed by atoms with Crippen molar-refractivity contribution in [3.63, 3.8) is 0 Å². The van der Waals surface area contributed by atoms with Crippen LogP contribution in [0.1, 0.15) is 4.88 Å². The van der Waals surface area contributed by atoms with Crippen LogP contribution in [-0.2, 0) is 16.6 Å². The van der Waals surface area contributed by atoms with Gasteiger partial charge in [-0.1, -0.05) is 0 Å². The highest BCUT2D eigenvalue weighted by Gasteiger charge is 2.22. The first-order valence-electron chi connectivity index (χ1n) is 5.77. The molecule has 1 aromatic heterocycles. The van der Waals surface area contributed by atoms with Crippen LogP contribution in [0.25, 0.3) is 0 Å². The second-order valence-corrected chi connectivity index (χ2v) is 8.31. The van der Waals surface area contributed by atoms with Crippen molar-refractivity contribution < 1.29 is 8.42 Å². The summed E-state index contributed by atoms with van der Waals surface area (Å²) in [5, 5.41) is 3.13.